The van der Waals surface area contributed by atoms with Crippen LogP contribution in [0.5, 0.6) is 5.75 Å². The van der Waals surface area contributed by atoms with Crippen LogP contribution < -0.4 is 15.8 Å². The van der Waals surface area contributed by atoms with Gasteiger partial charge in [0.05, 0.1) is 7.11 Å². The van der Waals surface area contributed by atoms with Gasteiger partial charge in [0.25, 0.3) is 0 Å². The van der Waals surface area contributed by atoms with Gasteiger partial charge in [0.15, 0.2) is 5.96 Å². The largest absolute Gasteiger partial charge is 0.497 e. The number of halogens is 3. The lowest BCUT2D eigenvalue weighted by atomic mass is 9.98. The van der Waals surface area contributed by atoms with Gasteiger partial charge in [-0.3, -0.25) is 4.99 Å². The number of imidazole rings is 1. The summed E-state index contributed by atoms with van der Waals surface area (Å²) in [4.78, 5) is 7.48. The molecule has 1 heterocycles. The van der Waals surface area contributed by atoms with Gasteiger partial charge in [-0.1, -0.05) is 6.07 Å². The molecule has 0 saturated heterocycles. The Labute approximate surface area is 148 Å². The van der Waals surface area contributed by atoms with Crippen LogP contribution >= 0.6 is 0 Å². The number of guanidine groups is 1. The van der Waals surface area contributed by atoms with E-state index >= 15 is 0 Å². The average molecular weight is 371 g/mol. The molecule has 0 aliphatic heterocycles. The van der Waals surface area contributed by atoms with E-state index in [0.29, 0.717) is 11.4 Å². The fraction of sp³-hybridized carbons (Fsp3) is 0.375. The third kappa shape index (κ3) is 4.26. The molecule has 0 saturated carbocycles. The van der Waals surface area contributed by atoms with Crippen molar-refractivity contribution in [2.24, 2.45) is 17.8 Å². The molecule has 2 rings (SSSR count). The number of anilines is 1. The Morgan fingerprint density at radius 2 is 2.15 bits per heavy atom. The van der Waals surface area contributed by atoms with Gasteiger partial charge >= 0.3 is 6.18 Å². The highest BCUT2D eigenvalue weighted by Crippen LogP contribution is 2.40. The van der Waals surface area contributed by atoms with Crippen molar-refractivity contribution in [2.75, 3.05) is 19.0 Å². The first kappa shape index (κ1) is 19.6. The molecule has 0 fully saturated rings. The molecule has 0 aliphatic rings. The van der Waals surface area contributed by atoms with Crippen LogP contribution in [0, 0.1) is 0 Å². The SMILES string of the molecule is COc1cccc(NC(N)=NCCC(O)(c2nccn2C)C(F)(F)F)c1. The zero-order chi connectivity index (χ0) is 19.4. The number of nitrogens with two attached hydrogens (primary N) is 1. The lowest BCUT2D eigenvalue weighted by molar-refractivity contribution is -0.272. The van der Waals surface area contributed by atoms with E-state index in [1.54, 1.807) is 24.3 Å². The van der Waals surface area contributed by atoms with E-state index in [1.165, 1.54) is 26.6 Å². The highest BCUT2D eigenvalue weighted by molar-refractivity contribution is 5.92. The fourth-order valence-electron chi connectivity index (χ4n) is 2.37. The van der Waals surface area contributed by atoms with Crippen LogP contribution in [0.3, 0.4) is 0 Å². The number of alkyl halides is 3. The topological polar surface area (TPSA) is 97.7 Å². The molecule has 142 valence electrons. The fourth-order valence-corrected chi connectivity index (χ4v) is 2.37. The molecule has 2 aromatic rings. The van der Waals surface area contributed by atoms with Crippen molar-refractivity contribution in [3.8, 4) is 5.75 Å². The van der Waals surface area contributed by atoms with Crippen LogP contribution in [-0.2, 0) is 12.6 Å². The Morgan fingerprint density at radius 1 is 1.42 bits per heavy atom. The lowest BCUT2D eigenvalue weighted by Gasteiger charge is -2.29. The van der Waals surface area contributed by atoms with Crippen molar-refractivity contribution < 1.29 is 23.0 Å². The molecule has 1 atom stereocenters. The molecule has 0 spiro atoms. The van der Waals surface area contributed by atoms with Crippen LogP contribution in [0.1, 0.15) is 12.2 Å². The van der Waals surface area contributed by atoms with Crippen molar-refractivity contribution in [1.82, 2.24) is 9.55 Å². The quantitative estimate of drug-likeness (QED) is 0.533. The number of nitrogens with one attached hydrogen (secondary N) is 1. The van der Waals surface area contributed by atoms with E-state index in [4.69, 9.17) is 10.5 Å². The number of aliphatic hydroxyl groups is 1. The minimum Gasteiger partial charge on any atom is -0.497 e. The van der Waals surface area contributed by atoms with Crippen LogP contribution in [0.25, 0.3) is 0 Å². The molecule has 0 radical (unpaired) electrons. The van der Waals surface area contributed by atoms with Gasteiger partial charge in [0, 0.05) is 44.2 Å². The summed E-state index contributed by atoms with van der Waals surface area (Å²) in [6, 6.07) is 6.81. The summed E-state index contributed by atoms with van der Waals surface area (Å²) in [5, 5.41) is 13.0. The molecule has 10 heteroatoms. The maximum absolute atomic E-state index is 13.4. The van der Waals surface area contributed by atoms with E-state index in [1.807, 2.05) is 0 Å². The van der Waals surface area contributed by atoms with Gasteiger partial charge in [-0.15, -0.1) is 0 Å². The third-order valence-electron chi connectivity index (χ3n) is 3.76. The normalized spacial score (nSPS) is 14.8. The number of nitrogens with zero attached hydrogens (tertiary/aromatic N) is 3. The number of hydrogen-bond acceptors (Lipinski definition) is 4. The maximum atomic E-state index is 13.4. The molecular weight excluding hydrogens is 351 g/mol. The molecule has 1 aromatic carbocycles. The Morgan fingerprint density at radius 3 is 2.73 bits per heavy atom. The van der Waals surface area contributed by atoms with E-state index in [9.17, 15) is 18.3 Å². The van der Waals surface area contributed by atoms with Gasteiger partial charge < -0.3 is 25.5 Å². The van der Waals surface area contributed by atoms with E-state index in [0.717, 1.165) is 4.57 Å². The highest BCUT2D eigenvalue weighted by atomic mass is 19.4. The van der Waals surface area contributed by atoms with Crippen molar-refractivity contribution in [3.63, 3.8) is 0 Å². The number of ether oxygens (including phenoxy) is 1. The Hall–Kier alpha value is -2.75. The highest BCUT2D eigenvalue weighted by Gasteiger charge is 2.57. The Kier molecular flexibility index (Phi) is 5.76. The molecular formula is C16H20F3N5O2. The van der Waals surface area contributed by atoms with Gasteiger partial charge in [-0.05, 0) is 12.1 Å². The molecule has 0 aliphatic carbocycles. The summed E-state index contributed by atoms with van der Waals surface area (Å²) in [5.74, 6) is 0.00572. The van der Waals surface area contributed by atoms with Crippen LogP contribution in [0.15, 0.2) is 41.7 Å². The first-order chi connectivity index (χ1) is 12.2. The zero-order valence-corrected chi connectivity index (χ0v) is 14.3. The van der Waals surface area contributed by atoms with Crippen molar-refractivity contribution in [2.45, 2.75) is 18.2 Å². The van der Waals surface area contributed by atoms with Crippen molar-refractivity contribution >= 4 is 11.6 Å². The first-order valence-electron chi connectivity index (χ1n) is 7.65. The predicted octanol–water partition coefficient (Wildman–Crippen LogP) is 2.00. The van der Waals surface area contributed by atoms with Gasteiger partial charge in [0.1, 0.15) is 11.6 Å². The number of rotatable bonds is 6. The summed E-state index contributed by atoms with van der Waals surface area (Å²) in [6.45, 7) is -0.355. The molecule has 0 amide bonds. The molecule has 4 N–H and O–H groups in total. The first-order valence-corrected chi connectivity index (χ1v) is 7.65. The zero-order valence-electron chi connectivity index (χ0n) is 14.3. The Balaban J connectivity index is 2.09. The minimum absolute atomic E-state index is 0.0809. The summed E-state index contributed by atoms with van der Waals surface area (Å²) in [6.07, 6.45) is -3.11. The monoisotopic (exact) mass is 371 g/mol. The number of aryl methyl sites for hydroxylation is 1. The molecule has 1 aromatic heterocycles. The van der Waals surface area contributed by atoms with Crippen LogP contribution in [-0.4, -0.2) is 40.4 Å². The summed E-state index contributed by atoms with van der Waals surface area (Å²) in [5.41, 5.74) is 3.15. The summed E-state index contributed by atoms with van der Waals surface area (Å²) in [7, 11) is 2.88. The van der Waals surface area contributed by atoms with Crippen LogP contribution in [0.4, 0.5) is 18.9 Å². The number of aromatic nitrogens is 2. The van der Waals surface area contributed by atoms with Gasteiger partial charge in [-0.25, -0.2) is 4.98 Å². The molecule has 1 unspecified atom stereocenters. The van der Waals surface area contributed by atoms with E-state index < -0.39 is 24.0 Å². The van der Waals surface area contributed by atoms with E-state index in [-0.39, 0.29) is 12.5 Å². The van der Waals surface area contributed by atoms with Crippen molar-refractivity contribution in [3.05, 3.63) is 42.5 Å². The second kappa shape index (κ2) is 7.65. The number of aliphatic imine (C=N–C) groups is 1. The number of hydrogen-bond donors (Lipinski definition) is 3. The standard InChI is InChI=1S/C16H20F3N5O2/c1-24-9-8-21-13(24)15(25,16(17,18)19)6-7-22-14(20)23-11-4-3-5-12(10-11)26-2/h3-5,8-10,25H,6-7H2,1-2H3,(H3,20,22,23). The number of benzene rings is 1. The van der Waals surface area contributed by atoms with E-state index in [2.05, 4.69) is 15.3 Å². The summed E-state index contributed by atoms with van der Waals surface area (Å²) < 4.78 is 46.4. The molecule has 26 heavy (non-hydrogen) atoms. The third-order valence-corrected chi connectivity index (χ3v) is 3.76. The van der Waals surface area contributed by atoms with Gasteiger partial charge in [0.2, 0.25) is 5.60 Å². The van der Waals surface area contributed by atoms with Crippen LogP contribution in [0.2, 0.25) is 0 Å². The summed E-state index contributed by atoms with van der Waals surface area (Å²) >= 11 is 0. The number of methoxy groups -OCH3 is 1. The average Bonchev–Trinajstić information content (AvgIpc) is 3.00. The maximum Gasteiger partial charge on any atom is 0.424 e. The lowest BCUT2D eigenvalue weighted by Crippen LogP contribution is -2.45. The minimum atomic E-state index is -4.91. The Bertz CT molecular complexity index is 775. The smallest absolute Gasteiger partial charge is 0.424 e. The molecule has 7 nitrogen and oxygen atoms in total. The second-order valence-electron chi connectivity index (χ2n) is 5.59. The predicted molar refractivity (Wildman–Crippen MR) is 90.9 cm³/mol. The molecule has 0 bridgehead atoms. The van der Waals surface area contributed by atoms with Gasteiger partial charge in [-0.2, -0.15) is 13.2 Å². The second-order valence-corrected chi connectivity index (χ2v) is 5.59. The van der Waals surface area contributed by atoms with Crippen molar-refractivity contribution in [1.29, 1.82) is 0 Å².